The van der Waals surface area contributed by atoms with E-state index in [1.807, 2.05) is 0 Å². The molecule has 0 bridgehead atoms. The summed E-state index contributed by atoms with van der Waals surface area (Å²) in [5.74, 6) is -0.175. The summed E-state index contributed by atoms with van der Waals surface area (Å²) in [6.45, 7) is 5.07. The number of sulfone groups is 1. The Morgan fingerprint density at radius 2 is 1.86 bits per heavy atom. The molecular weight excluding hydrogens is 390 g/mol. The molecule has 0 aromatic carbocycles. The van der Waals surface area contributed by atoms with Gasteiger partial charge < -0.3 is 9.30 Å². The van der Waals surface area contributed by atoms with Gasteiger partial charge in [0.15, 0.2) is 9.84 Å². The molecule has 29 heavy (non-hydrogen) atoms. The first-order valence-electron chi connectivity index (χ1n) is 10.1. The van der Waals surface area contributed by atoms with E-state index in [-0.39, 0.29) is 23.4 Å². The third-order valence-electron chi connectivity index (χ3n) is 5.31. The molecular formula is C21H29N3O4S. The molecule has 2 aromatic rings. The number of rotatable bonds is 6. The topological polar surface area (TPSA) is 91.2 Å². The number of pyridine rings is 1. The zero-order chi connectivity index (χ0) is 21.2. The average Bonchev–Trinajstić information content (AvgIpc) is 2.66. The first-order valence-corrected chi connectivity index (χ1v) is 11.8. The molecule has 0 radical (unpaired) electrons. The number of aromatic nitrogens is 3. The van der Waals surface area contributed by atoms with E-state index in [4.69, 9.17) is 4.74 Å². The minimum absolute atomic E-state index is 0.0513. The van der Waals surface area contributed by atoms with E-state index in [1.54, 1.807) is 46.1 Å². The lowest BCUT2D eigenvalue weighted by atomic mass is 9.98. The monoisotopic (exact) mass is 419 g/mol. The molecule has 1 aliphatic rings. The number of hydrogen-bond donors (Lipinski definition) is 0. The van der Waals surface area contributed by atoms with Crippen molar-refractivity contribution in [3.8, 4) is 17.3 Å². The summed E-state index contributed by atoms with van der Waals surface area (Å²) in [6.07, 6.45) is 7.07. The largest absolute Gasteiger partial charge is 0.460 e. The highest BCUT2D eigenvalue weighted by Crippen LogP contribution is 2.25. The maximum atomic E-state index is 12.5. The SMILES string of the molecule is Cc1cc(-c2cc(CS(=O)(=O)C(C)C)nc(OC3CCCCC3)n2)cn(C)c1=O. The molecule has 0 unspecified atom stereocenters. The minimum Gasteiger partial charge on any atom is -0.460 e. The predicted octanol–water partition coefficient (Wildman–Crippen LogP) is 3.19. The van der Waals surface area contributed by atoms with Gasteiger partial charge in [-0.25, -0.2) is 8.42 Å². The lowest BCUT2D eigenvalue weighted by Gasteiger charge is -2.22. The summed E-state index contributed by atoms with van der Waals surface area (Å²) in [4.78, 5) is 21.0. The van der Waals surface area contributed by atoms with Crippen LogP contribution in [0.25, 0.3) is 11.3 Å². The van der Waals surface area contributed by atoms with Gasteiger partial charge in [0.25, 0.3) is 5.56 Å². The molecule has 7 nitrogen and oxygen atoms in total. The second-order valence-electron chi connectivity index (χ2n) is 8.09. The fraction of sp³-hybridized carbons (Fsp3) is 0.571. The maximum absolute atomic E-state index is 12.5. The Balaban J connectivity index is 2.03. The van der Waals surface area contributed by atoms with Gasteiger partial charge in [-0.3, -0.25) is 4.79 Å². The Morgan fingerprint density at radius 3 is 2.48 bits per heavy atom. The van der Waals surface area contributed by atoms with Gasteiger partial charge in [-0.15, -0.1) is 0 Å². The summed E-state index contributed by atoms with van der Waals surface area (Å²) >= 11 is 0. The van der Waals surface area contributed by atoms with Gasteiger partial charge in [-0.1, -0.05) is 6.42 Å². The fourth-order valence-corrected chi connectivity index (χ4v) is 4.36. The van der Waals surface area contributed by atoms with Crippen LogP contribution in [0.2, 0.25) is 0 Å². The van der Waals surface area contributed by atoms with Crippen LogP contribution in [-0.4, -0.2) is 34.3 Å². The van der Waals surface area contributed by atoms with E-state index >= 15 is 0 Å². The molecule has 1 aliphatic carbocycles. The van der Waals surface area contributed by atoms with Gasteiger partial charge in [-0.05, 0) is 58.6 Å². The minimum atomic E-state index is -3.32. The van der Waals surface area contributed by atoms with Crippen molar-refractivity contribution >= 4 is 9.84 Å². The van der Waals surface area contributed by atoms with E-state index in [2.05, 4.69) is 9.97 Å². The van der Waals surface area contributed by atoms with Crippen molar-refractivity contribution in [2.45, 2.75) is 70.0 Å². The second kappa shape index (κ2) is 8.65. The summed E-state index contributed by atoms with van der Waals surface area (Å²) in [5, 5.41) is -0.497. The molecule has 0 atom stereocenters. The zero-order valence-corrected chi connectivity index (χ0v) is 18.3. The van der Waals surface area contributed by atoms with Crippen LogP contribution >= 0.6 is 0 Å². The fourth-order valence-electron chi connectivity index (χ4n) is 3.47. The van der Waals surface area contributed by atoms with Crippen LogP contribution in [0.4, 0.5) is 0 Å². The lowest BCUT2D eigenvalue weighted by Crippen LogP contribution is -2.22. The maximum Gasteiger partial charge on any atom is 0.317 e. The van der Waals surface area contributed by atoms with Crippen LogP contribution in [0.5, 0.6) is 6.01 Å². The molecule has 158 valence electrons. The molecule has 0 N–H and O–H groups in total. The molecule has 0 aliphatic heterocycles. The number of aryl methyl sites for hydroxylation is 2. The van der Waals surface area contributed by atoms with Gasteiger partial charge >= 0.3 is 6.01 Å². The first kappa shape index (κ1) is 21.5. The molecule has 0 spiro atoms. The summed E-state index contributed by atoms with van der Waals surface area (Å²) in [7, 11) is -1.64. The first-order chi connectivity index (χ1) is 13.7. The molecule has 1 fully saturated rings. The molecule has 1 saturated carbocycles. The molecule has 0 amide bonds. The van der Waals surface area contributed by atoms with E-state index in [0.717, 1.165) is 31.2 Å². The highest BCUT2D eigenvalue weighted by molar-refractivity contribution is 7.91. The summed E-state index contributed by atoms with van der Waals surface area (Å²) in [6, 6.07) is 3.64. The lowest BCUT2D eigenvalue weighted by molar-refractivity contribution is 0.141. The average molecular weight is 420 g/mol. The van der Waals surface area contributed by atoms with Crippen LogP contribution in [0, 0.1) is 6.92 Å². The van der Waals surface area contributed by atoms with E-state index in [9.17, 15) is 13.2 Å². The zero-order valence-electron chi connectivity index (χ0n) is 17.5. The van der Waals surface area contributed by atoms with Crippen LogP contribution in [0.1, 0.15) is 57.2 Å². The quantitative estimate of drug-likeness (QED) is 0.714. The highest BCUT2D eigenvalue weighted by atomic mass is 32.2. The summed E-state index contributed by atoms with van der Waals surface area (Å²) < 4.78 is 32.4. The van der Waals surface area contributed by atoms with Crippen LogP contribution < -0.4 is 10.3 Å². The van der Waals surface area contributed by atoms with Gasteiger partial charge in [0.05, 0.1) is 22.4 Å². The van der Waals surface area contributed by atoms with Gasteiger partial charge in [0.1, 0.15) is 6.10 Å². The standard InChI is InChI=1S/C21H29N3O4S/c1-14(2)29(26,27)13-17-11-19(16-10-15(3)20(25)24(4)12-16)23-21(22-17)28-18-8-6-5-7-9-18/h10-12,14,18H,5-9,13H2,1-4H3. The number of ether oxygens (including phenoxy) is 1. The number of nitrogens with zero attached hydrogens (tertiary/aromatic N) is 3. The summed E-state index contributed by atoms with van der Waals surface area (Å²) in [5.41, 5.74) is 2.20. The van der Waals surface area contributed by atoms with Crippen LogP contribution in [-0.2, 0) is 22.6 Å². The van der Waals surface area contributed by atoms with Gasteiger partial charge in [0, 0.05) is 24.4 Å². The van der Waals surface area contributed by atoms with E-state index in [1.165, 1.54) is 11.0 Å². The highest BCUT2D eigenvalue weighted by Gasteiger charge is 2.21. The van der Waals surface area contributed by atoms with Crippen molar-refractivity contribution in [1.82, 2.24) is 14.5 Å². The number of hydrogen-bond acceptors (Lipinski definition) is 6. The Morgan fingerprint density at radius 1 is 1.17 bits per heavy atom. The second-order valence-corrected chi connectivity index (χ2v) is 10.6. The van der Waals surface area contributed by atoms with Crippen molar-refractivity contribution in [2.75, 3.05) is 0 Å². The van der Waals surface area contributed by atoms with Crippen LogP contribution in [0.3, 0.4) is 0 Å². The Labute approximate surface area is 172 Å². The van der Waals surface area contributed by atoms with Crippen molar-refractivity contribution < 1.29 is 13.2 Å². The van der Waals surface area contributed by atoms with Crippen molar-refractivity contribution in [3.05, 3.63) is 39.9 Å². The third-order valence-corrected chi connectivity index (χ3v) is 7.44. The molecule has 0 saturated heterocycles. The third kappa shape index (κ3) is 5.23. The predicted molar refractivity (Wildman–Crippen MR) is 113 cm³/mol. The van der Waals surface area contributed by atoms with Crippen LogP contribution in [0.15, 0.2) is 23.1 Å². The molecule has 8 heteroatoms. The Kier molecular flexibility index (Phi) is 6.41. The Bertz CT molecular complexity index is 1010. The van der Waals surface area contributed by atoms with Crippen molar-refractivity contribution in [1.29, 1.82) is 0 Å². The van der Waals surface area contributed by atoms with Gasteiger partial charge in [-0.2, -0.15) is 9.97 Å². The van der Waals surface area contributed by atoms with Gasteiger partial charge in [0.2, 0.25) is 0 Å². The van der Waals surface area contributed by atoms with Crippen molar-refractivity contribution in [2.24, 2.45) is 7.05 Å². The molecule has 2 heterocycles. The van der Waals surface area contributed by atoms with E-state index < -0.39 is 15.1 Å². The molecule has 3 rings (SSSR count). The van der Waals surface area contributed by atoms with E-state index in [0.29, 0.717) is 17.0 Å². The smallest absolute Gasteiger partial charge is 0.317 e. The molecule has 2 aromatic heterocycles. The Hall–Kier alpha value is -2.22. The van der Waals surface area contributed by atoms with Crippen molar-refractivity contribution in [3.63, 3.8) is 0 Å². The normalized spacial score (nSPS) is 15.6.